The van der Waals surface area contributed by atoms with Crippen LogP contribution >= 0.6 is 0 Å². The van der Waals surface area contributed by atoms with Crippen molar-refractivity contribution in [3.8, 4) is 12.3 Å². The molecule has 0 atom stereocenters. The summed E-state index contributed by atoms with van der Waals surface area (Å²) in [6.45, 7) is 2.05. The minimum absolute atomic E-state index is 0.104. The molecule has 0 aromatic heterocycles. The maximum absolute atomic E-state index is 10.6. The van der Waals surface area contributed by atoms with Crippen LogP contribution in [0.15, 0.2) is 18.2 Å². The zero-order valence-corrected chi connectivity index (χ0v) is 7.78. The molecule has 0 heterocycles. The van der Waals surface area contributed by atoms with E-state index in [1.54, 1.807) is 19.1 Å². The normalized spacial score (nSPS) is 9.14. The van der Waals surface area contributed by atoms with E-state index < -0.39 is 4.92 Å². The van der Waals surface area contributed by atoms with Gasteiger partial charge in [0.1, 0.15) is 0 Å². The Hall–Kier alpha value is -2.02. The lowest BCUT2D eigenvalue weighted by Gasteiger charge is -2.06. The van der Waals surface area contributed by atoms with Gasteiger partial charge in [0.05, 0.1) is 11.5 Å². The molecule has 0 amide bonds. The summed E-state index contributed by atoms with van der Waals surface area (Å²) >= 11 is 0. The van der Waals surface area contributed by atoms with Gasteiger partial charge in [0.2, 0.25) is 0 Å². The van der Waals surface area contributed by atoms with Gasteiger partial charge in [-0.2, -0.15) is 0 Å². The fourth-order valence-electron chi connectivity index (χ4n) is 1.16. The summed E-state index contributed by atoms with van der Waals surface area (Å²) < 4.78 is 0. The second-order valence-corrected chi connectivity index (χ2v) is 2.76. The fourth-order valence-corrected chi connectivity index (χ4v) is 1.16. The van der Waals surface area contributed by atoms with Gasteiger partial charge in [-0.15, -0.1) is 6.42 Å². The van der Waals surface area contributed by atoms with Crippen molar-refractivity contribution in [3.63, 3.8) is 0 Å². The molecule has 72 valence electrons. The van der Waals surface area contributed by atoms with Crippen LogP contribution < -0.4 is 5.32 Å². The Morgan fingerprint density at radius 2 is 2.36 bits per heavy atom. The molecule has 0 aliphatic carbocycles. The van der Waals surface area contributed by atoms with Crippen LogP contribution in [0.3, 0.4) is 0 Å². The minimum atomic E-state index is -0.406. The van der Waals surface area contributed by atoms with Gasteiger partial charge in [-0.25, -0.2) is 0 Å². The molecular formula is C10H10N2O2. The van der Waals surface area contributed by atoms with Crippen LogP contribution in [0, 0.1) is 29.4 Å². The van der Waals surface area contributed by atoms with Crippen molar-refractivity contribution in [1.29, 1.82) is 0 Å². The standard InChI is InChI=1S/C10H10N2O2/c1-3-7-11-9-5-4-6-10(8(9)2)12(13)14/h1,4-6,11H,7H2,2H3. The molecule has 0 radical (unpaired) electrons. The molecule has 1 rings (SSSR count). The number of nitrogens with one attached hydrogen (secondary N) is 1. The van der Waals surface area contributed by atoms with Gasteiger partial charge in [0.15, 0.2) is 0 Å². The smallest absolute Gasteiger partial charge is 0.274 e. The van der Waals surface area contributed by atoms with Gasteiger partial charge in [-0.05, 0) is 13.0 Å². The second kappa shape index (κ2) is 4.28. The number of nitro groups is 1. The van der Waals surface area contributed by atoms with Crippen LogP contribution in [0.25, 0.3) is 0 Å². The van der Waals surface area contributed by atoms with Crippen LogP contribution in [0.2, 0.25) is 0 Å². The number of anilines is 1. The number of hydrogen-bond donors (Lipinski definition) is 1. The first-order valence-electron chi connectivity index (χ1n) is 4.08. The Morgan fingerprint density at radius 1 is 1.64 bits per heavy atom. The number of hydrogen-bond acceptors (Lipinski definition) is 3. The molecule has 1 aromatic carbocycles. The van der Waals surface area contributed by atoms with Gasteiger partial charge in [-0.1, -0.05) is 12.0 Å². The molecule has 4 heteroatoms. The maximum Gasteiger partial charge on any atom is 0.274 e. The molecular weight excluding hydrogens is 180 g/mol. The number of rotatable bonds is 3. The topological polar surface area (TPSA) is 55.2 Å². The van der Waals surface area contributed by atoms with Crippen LogP contribution in [0.5, 0.6) is 0 Å². The first-order chi connectivity index (χ1) is 6.66. The van der Waals surface area contributed by atoms with E-state index in [0.717, 1.165) is 0 Å². The zero-order chi connectivity index (χ0) is 10.6. The first-order valence-corrected chi connectivity index (χ1v) is 4.08. The molecule has 0 saturated heterocycles. The third-order valence-electron chi connectivity index (χ3n) is 1.88. The monoisotopic (exact) mass is 190 g/mol. The molecule has 0 spiro atoms. The lowest BCUT2D eigenvalue weighted by Crippen LogP contribution is -2.02. The summed E-state index contributed by atoms with van der Waals surface area (Å²) in [6.07, 6.45) is 5.08. The lowest BCUT2D eigenvalue weighted by atomic mass is 10.1. The summed E-state index contributed by atoms with van der Waals surface area (Å²) in [5.41, 5.74) is 1.41. The maximum atomic E-state index is 10.6. The largest absolute Gasteiger partial charge is 0.374 e. The van der Waals surface area contributed by atoms with Crippen molar-refractivity contribution >= 4 is 11.4 Å². The van der Waals surface area contributed by atoms with Crippen molar-refractivity contribution in [3.05, 3.63) is 33.9 Å². The van der Waals surface area contributed by atoms with Crippen LogP contribution in [-0.4, -0.2) is 11.5 Å². The summed E-state index contributed by atoms with van der Waals surface area (Å²) in [4.78, 5) is 10.2. The van der Waals surface area contributed by atoms with Gasteiger partial charge < -0.3 is 5.32 Å². The molecule has 14 heavy (non-hydrogen) atoms. The number of terminal acetylenes is 1. The minimum Gasteiger partial charge on any atom is -0.374 e. The first kappa shape index (κ1) is 10.1. The SMILES string of the molecule is C#CCNc1cccc([N+](=O)[O-])c1C. The summed E-state index contributed by atoms with van der Waals surface area (Å²) in [6, 6.07) is 4.86. The van der Waals surface area contributed by atoms with E-state index in [1.165, 1.54) is 6.07 Å². The van der Waals surface area contributed by atoms with Gasteiger partial charge in [0, 0.05) is 17.3 Å². The molecule has 0 unspecified atom stereocenters. The van der Waals surface area contributed by atoms with E-state index in [1.807, 2.05) is 0 Å². The highest BCUT2D eigenvalue weighted by Gasteiger charge is 2.12. The highest BCUT2D eigenvalue weighted by molar-refractivity contribution is 5.60. The molecule has 1 N–H and O–H groups in total. The highest BCUT2D eigenvalue weighted by Crippen LogP contribution is 2.24. The Balaban J connectivity index is 3.02. The molecule has 0 saturated carbocycles. The van der Waals surface area contributed by atoms with E-state index in [9.17, 15) is 10.1 Å². The van der Waals surface area contributed by atoms with Gasteiger partial charge in [0.25, 0.3) is 5.69 Å². The summed E-state index contributed by atoms with van der Waals surface area (Å²) in [5, 5.41) is 13.5. The van der Waals surface area contributed by atoms with E-state index >= 15 is 0 Å². The fraction of sp³-hybridized carbons (Fsp3) is 0.200. The Kier molecular flexibility index (Phi) is 3.08. The average Bonchev–Trinajstić information content (AvgIpc) is 2.16. The van der Waals surface area contributed by atoms with Crippen LogP contribution in [0.4, 0.5) is 11.4 Å². The van der Waals surface area contributed by atoms with Crippen molar-refractivity contribution in [1.82, 2.24) is 0 Å². The predicted molar refractivity (Wildman–Crippen MR) is 55.2 cm³/mol. The van der Waals surface area contributed by atoms with Gasteiger partial charge >= 0.3 is 0 Å². The number of nitro benzene ring substituents is 1. The van der Waals surface area contributed by atoms with Crippen LogP contribution in [0.1, 0.15) is 5.56 Å². The molecule has 1 aromatic rings. The van der Waals surface area contributed by atoms with E-state index in [0.29, 0.717) is 17.8 Å². The average molecular weight is 190 g/mol. The molecule has 0 fully saturated rings. The summed E-state index contributed by atoms with van der Waals surface area (Å²) in [7, 11) is 0. The quantitative estimate of drug-likeness (QED) is 0.450. The van der Waals surface area contributed by atoms with Crippen molar-refractivity contribution in [2.45, 2.75) is 6.92 Å². The number of benzene rings is 1. The Labute approximate surface area is 82.1 Å². The highest BCUT2D eigenvalue weighted by atomic mass is 16.6. The Morgan fingerprint density at radius 3 is 2.93 bits per heavy atom. The molecule has 0 bridgehead atoms. The summed E-state index contributed by atoms with van der Waals surface area (Å²) in [5.74, 6) is 2.41. The zero-order valence-electron chi connectivity index (χ0n) is 7.78. The number of nitrogens with zero attached hydrogens (tertiary/aromatic N) is 1. The predicted octanol–water partition coefficient (Wildman–Crippen LogP) is 1.95. The van der Waals surface area contributed by atoms with Crippen molar-refractivity contribution < 1.29 is 4.92 Å². The third-order valence-corrected chi connectivity index (χ3v) is 1.88. The third kappa shape index (κ3) is 2.02. The van der Waals surface area contributed by atoms with Gasteiger partial charge in [-0.3, -0.25) is 10.1 Å². The molecule has 0 aliphatic rings. The van der Waals surface area contributed by atoms with Crippen molar-refractivity contribution in [2.75, 3.05) is 11.9 Å². The molecule has 4 nitrogen and oxygen atoms in total. The van der Waals surface area contributed by atoms with E-state index in [4.69, 9.17) is 6.42 Å². The van der Waals surface area contributed by atoms with E-state index in [-0.39, 0.29) is 5.69 Å². The molecule has 0 aliphatic heterocycles. The lowest BCUT2D eigenvalue weighted by molar-refractivity contribution is -0.385. The Bertz CT molecular complexity index is 394. The van der Waals surface area contributed by atoms with Crippen molar-refractivity contribution in [2.24, 2.45) is 0 Å². The van der Waals surface area contributed by atoms with E-state index in [2.05, 4.69) is 11.2 Å². The van der Waals surface area contributed by atoms with Crippen LogP contribution in [-0.2, 0) is 0 Å². The second-order valence-electron chi connectivity index (χ2n) is 2.76.